The van der Waals surface area contributed by atoms with Crippen molar-refractivity contribution in [3.05, 3.63) is 21.2 Å². The van der Waals surface area contributed by atoms with Gasteiger partial charge in [0.05, 0.1) is 0 Å². The van der Waals surface area contributed by atoms with E-state index >= 15 is 0 Å². The topological polar surface area (TPSA) is 23.1 Å². The summed E-state index contributed by atoms with van der Waals surface area (Å²) < 4.78 is -0.118. The van der Waals surface area contributed by atoms with Crippen LogP contribution in [0.5, 0.6) is 0 Å². The Kier molecular flexibility index (Phi) is 6.74. The maximum atomic E-state index is 11.4. The van der Waals surface area contributed by atoms with Crippen molar-refractivity contribution in [1.82, 2.24) is 0 Å². The first kappa shape index (κ1) is 13.2. The molecule has 0 fully saturated rings. The average Bonchev–Trinajstić information content (AvgIpc) is 2.04. The van der Waals surface area contributed by atoms with E-state index < -0.39 is 0 Å². The summed E-state index contributed by atoms with van der Waals surface area (Å²) in [7, 11) is -0.343. The molecule has 0 amide bonds. The Morgan fingerprint density at radius 3 is 2.23 bits per heavy atom. The van der Waals surface area contributed by atoms with Gasteiger partial charge in [-0.15, -0.1) is 0 Å². The maximum Gasteiger partial charge on any atom is 0.147 e. The molecule has 4 heteroatoms. The zero-order chi connectivity index (χ0) is 10.4. The highest BCUT2D eigenvalue weighted by molar-refractivity contribution is 8.00. The number of hydrogen-bond acceptors (Lipinski definition) is 1. The van der Waals surface area contributed by atoms with Crippen molar-refractivity contribution >= 4 is 34.1 Å². The highest BCUT2D eigenvalue weighted by atomic mass is 35.5. The van der Waals surface area contributed by atoms with Gasteiger partial charge < -0.3 is 5.11 Å². The zero-order valence-corrected chi connectivity index (χ0v) is 10.4. The summed E-state index contributed by atoms with van der Waals surface area (Å²) in [6.07, 6.45) is 2.04. The van der Waals surface area contributed by atoms with Gasteiger partial charge in [-0.2, -0.15) is 0 Å². The van der Waals surface area contributed by atoms with E-state index in [0.29, 0.717) is 0 Å². The van der Waals surface area contributed by atoms with Crippen LogP contribution in [-0.4, -0.2) is 11.5 Å². The molecular formula is C9H14Cl2OS. The van der Waals surface area contributed by atoms with Crippen molar-refractivity contribution in [2.75, 3.05) is 11.5 Å². The summed E-state index contributed by atoms with van der Waals surface area (Å²) in [4.78, 5) is 0. The number of rotatable bonds is 4. The molecule has 0 aromatic carbocycles. The molecule has 0 aromatic rings. The molecule has 0 aliphatic heterocycles. The SMILES string of the molecule is CC[S+](CC=C(C)C)C([O-])=C(Cl)Cl. The van der Waals surface area contributed by atoms with Gasteiger partial charge in [0.25, 0.3) is 0 Å². The van der Waals surface area contributed by atoms with Gasteiger partial charge in [0.2, 0.25) is 0 Å². The highest BCUT2D eigenvalue weighted by Gasteiger charge is 2.15. The molecule has 1 nitrogen and oxygen atoms in total. The van der Waals surface area contributed by atoms with Crippen LogP contribution < -0.4 is 5.11 Å². The molecule has 0 aliphatic carbocycles. The first-order chi connectivity index (χ1) is 5.99. The normalized spacial score (nSPS) is 12.1. The molecular weight excluding hydrogens is 227 g/mol. The predicted octanol–water partition coefficient (Wildman–Crippen LogP) is 2.56. The summed E-state index contributed by atoms with van der Waals surface area (Å²) >= 11 is 10.9. The van der Waals surface area contributed by atoms with Crippen LogP contribution in [-0.2, 0) is 10.9 Å². The molecule has 1 unspecified atom stereocenters. The van der Waals surface area contributed by atoms with Gasteiger partial charge in [-0.1, -0.05) is 28.8 Å². The van der Waals surface area contributed by atoms with Gasteiger partial charge in [0.1, 0.15) is 21.1 Å². The van der Waals surface area contributed by atoms with E-state index in [1.807, 2.05) is 26.8 Å². The van der Waals surface area contributed by atoms with E-state index in [2.05, 4.69) is 0 Å². The van der Waals surface area contributed by atoms with E-state index in [-0.39, 0.29) is 20.5 Å². The summed E-state index contributed by atoms with van der Waals surface area (Å²) in [5.41, 5.74) is 1.21. The van der Waals surface area contributed by atoms with E-state index in [1.54, 1.807) is 0 Å². The molecule has 0 saturated heterocycles. The largest absolute Gasteiger partial charge is 0.834 e. The number of allylic oxidation sites excluding steroid dienone is 1. The molecule has 76 valence electrons. The standard InChI is InChI=1S/C9H14Cl2OS/c1-4-13(6-5-7(2)3)9(12)8(10)11/h5H,4,6H2,1-3H3. The summed E-state index contributed by atoms with van der Waals surface area (Å²) in [6, 6.07) is 0. The average molecular weight is 241 g/mol. The second-order valence-corrected chi connectivity index (χ2v) is 5.99. The van der Waals surface area contributed by atoms with Crippen LogP contribution >= 0.6 is 23.2 Å². The summed E-state index contributed by atoms with van der Waals surface area (Å²) in [6.45, 7) is 5.98. The molecule has 0 bridgehead atoms. The summed E-state index contributed by atoms with van der Waals surface area (Å²) in [5.74, 6) is 1.55. The van der Waals surface area contributed by atoms with E-state index in [1.165, 1.54) is 5.57 Å². The van der Waals surface area contributed by atoms with Crippen molar-refractivity contribution in [3.8, 4) is 0 Å². The lowest BCUT2D eigenvalue weighted by atomic mass is 10.3. The molecule has 0 aliphatic rings. The quantitative estimate of drug-likeness (QED) is 0.421. The van der Waals surface area contributed by atoms with Crippen LogP contribution in [0.1, 0.15) is 20.8 Å². The van der Waals surface area contributed by atoms with E-state index in [4.69, 9.17) is 23.2 Å². The molecule has 0 spiro atoms. The second-order valence-electron chi connectivity index (χ2n) is 2.78. The fourth-order valence-electron chi connectivity index (χ4n) is 0.701. The Balaban J connectivity index is 4.37. The molecule has 0 heterocycles. The third kappa shape index (κ3) is 5.50. The van der Waals surface area contributed by atoms with Gasteiger partial charge in [0, 0.05) is 10.9 Å². The Morgan fingerprint density at radius 1 is 1.38 bits per heavy atom. The van der Waals surface area contributed by atoms with Crippen LogP contribution in [0, 0.1) is 0 Å². The van der Waals surface area contributed by atoms with Gasteiger partial charge in [0.15, 0.2) is 0 Å². The van der Waals surface area contributed by atoms with Crippen molar-refractivity contribution < 1.29 is 5.11 Å². The Morgan fingerprint density at radius 2 is 1.92 bits per heavy atom. The van der Waals surface area contributed by atoms with Crippen molar-refractivity contribution in [3.63, 3.8) is 0 Å². The van der Waals surface area contributed by atoms with Gasteiger partial charge in [-0.25, -0.2) is 0 Å². The predicted molar refractivity (Wildman–Crippen MR) is 60.9 cm³/mol. The maximum absolute atomic E-state index is 11.4. The van der Waals surface area contributed by atoms with Gasteiger partial charge >= 0.3 is 0 Å². The van der Waals surface area contributed by atoms with Gasteiger partial charge in [-0.3, -0.25) is 0 Å². The Labute approximate surface area is 92.8 Å². The molecule has 0 saturated carbocycles. The first-order valence-electron chi connectivity index (χ1n) is 4.02. The monoisotopic (exact) mass is 240 g/mol. The number of hydrogen-bond donors (Lipinski definition) is 0. The molecule has 0 N–H and O–H groups in total. The highest BCUT2D eigenvalue weighted by Crippen LogP contribution is 2.17. The fourth-order valence-corrected chi connectivity index (χ4v) is 2.76. The lowest BCUT2D eigenvalue weighted by Gasteiger charge is -2.11. The van der Waals surface area contributed by atoms with Crippen LogP contribution in [0.15, 0.2) is 21.2 Å². The molecule has 0 rings (SSSR count). The molecule has 1 atom stereocenters. The Bertz CT molecular complexity index is 216. The van der Waals surface area contributed by atoms with Crippen LogP contribution in [0.4, 0.5) is 0 Å². The second kappa shape index (κ2) is 6.63. The first-order valence-corrected chi connectivity index (χ1v) is 6.34. The van der Waals surface area contributed by atoms with Crippen molar-refractivity contribution in [2.45, 2.75) is 20.8 Å². The van der Waals surface area contributed by atoms with Crippen LogP contribution in [0.3, 0.4) is 0 Å². The van der Waals surface area contributed by atoms with E-state index in [0.717, 1.165) is 11.5 Å². The molecule has 13 heavy (non-hydrogen) atoms. The molecule has 0 aromatic heterocycles. The van der Waals surface area contributed by atoms with Gasteiger partial charge in [-0.05, 0) is 26.8 Å². The third-order valence-corrected chi connectivity index (χ3v) is 4.02. The minimum Gasteiger partial charge on any atom is -0.834 e. The minimum absolute atomic E-state index is 0.118. The fraction of sp³-hybridized carbons (Fsp3) is 0.556. The van der Waals surface area contributed by atoms with Crippen LogP contribution in [0.2, 0.25) is 0 Å². The molecule has 0 radical (unpaired) electrons. The number of halogens is 2. The lowest BCUT2D eigenvalue weighted by Crippen LogP contribution is -2.21. The van der Waals surface area contributed by atoms with Crippen LogP contribution in [0.25, 0.3) is 0 Å². The van der Waals surface area contributed by atoms with Crippen molar-refractivity contribution in [2.24, 2.45) is 0 Å². The third-order valence-electron chi connectivity index (χ3n) is 1.46. The smallest absolute Gasteiger partial charge is 0.147 e. The summed E-state index contributed by atoms with van der Waals surface area (Å²) in [5, 5.41) is 11.2. The van der Waals surface area contributed by atoms with E-state index in [9.17, 15) is 5.11 Å². The zero-order valence-electron chi connectivity index (χ0n) is 8.06. The minimum atomic E-state index is -0.343. The van der Waals surface area contributed by atoms with Crippen molar-refractivity contribution in [1.29, 1.82) is 0 Å². The Hall–Kier alpha value is 0.210. The lowest BCUT2D eigenvalue weighted by molar-refractivity contribution is -0.285.